The van der Waals surface area contributed by atoms with E-state index in [-0.39, 0.29) is 17.5 Å². The molecule has 1 amide bonds. The second kappa shape index (κ2) is 7.85. The molecule has 0 saturated carbocycles. The smallest absolute Gasteiger partial charge is 0.242 e. The number of aryl methyl sites for hydroxylation is 1. The zero-order chi connectivity index (χ0) is 18.6. The van der Waals surface area contributed by atoms with E-state index in [2.05, 4.69) is 54.8 Å². The van der Waals surface area contributed by atoms with Gasteiger partial charge < -0.3 is 15.1 Å². The van der Waals surface area contributed by atoms with Crippen LogP contribution in [0, 0.1) is 6.92 Å². The van der Waals surface area contributed by atoms with Crippen LogP contribution >= 0.6 is 0 Å². The maximum Gasteiger partial charge on any atom is 0.242 e. The standard InChI is InChI=1S/C19H31N5O/c1-14(2)24-17(25)12-23(13-19(24,4)5)18(20-6)22-10-8-16-7-9-21-11-15(16)3/h7,9,11,14H,8,10,12-13H2,1-6H3,(H,20,22). The molecule has 1 aromatic rings. The molecule has 0 unspecified atom stereocenters. The average Bonchev–Trinajstić information content (AvgIpc) is 2.51. The van der Waals surface area contributed by atoms with E-state index in [9.17, 15) is 4.79 Å². The summed E-state index contributed by atoms with van der Waals surface area (Å²) in [6.45, 7) is 12.4. The van der Waals surface area contributed by atoms with Gasteiger partial charge in [0.25, 0.3) is 0 Å². The summed E-state index contributed by atoms with van der Waals surface area (Å²) in [5.74, 6) is 0.940. The van der Waals surface area contributed by atoms with Gasteiger partial charge in [0.15, 0.2) is 5.96 Å². The van der Waals surface area contributed by atoms with E-state index in [1.54, 1.807) is 7.05 Å². The molecule has 0 atom stereocenters. The van der Waals surface area contributed by atoms with Gasteiger partial charge in [0, 0.05) is 38.6 Å². The molecule has 0 bridgehead atoms. The molecule has 1 fully saturated rings. The minimum absolute atomic E-state index is 0.152. The summed E-state index contributed by atoms with van der Waals surface area (Å²) < 4.78 is 0. The van der Waals surface area contributed by atoms with Gasteiger partial charge in [-0.15, -0.1) is 0 Å². The minimum Gasteiger partial charge on any atom is -0.356 e. The van der Waals surface area contributed by atoms with Crippen LogP contribution < -0.4 is 5.32 Å². The molecule has 25 heavy (non-hydrogen) atoms. The topological polar surface area (TPSA) is 60.8 Å². The van der Waals surface area contributed by atoms with Crippen LogP contribution in [-0.4, -0.2) is 64.9 Å². The van der Waals surface area contributed by atoms with Gasteiger partial charge in [-0.1, -0.05) is 0 Å². The largest absolute Gasteiger partial charge is 0.356 e. The van der Waals surface area contributed by atoms with Crippen molar-refractivity contribution in [1.82, 2.24) is 20.1 Å². The van der Waals surface area contributed by atoms with Crippen LogP contribution in [0.3, 0.4) is 0 Å². The van der Waals surface area contributed by atoms with Gasteiger partial charge in [-0.25, -0.2) is 0 Å². The summed E-state index contributed by atoms with van der Waals surface area (Å²) in [7, 11) is 1.77. The number of aliphatic imine (C=N–C) groups is 1. The number of piperazine rings is 1. The van der Waals surface area contributed by atoms with Crippen molar-refractivity contribution in [3.05, 3.63) is 29.6 Å². The number of pyridine rings is 1. The number of nitrogens with zero attached hydrogens (tertiary/aromatic N) is 4. The molecule has 0 spiro atoms. The number of hydrogen-bond acceptors (Lipinski definition) is 3. The van der Waals surface area contributed by atoms with Crippen LogP contribution in [-0.2, 0) is 11.2 Å². The van der Waals surface area contributed by atoms with E-state index in [1.165, 1.54) is 11.1 Å². The first kappa shape index (κ1) is 19.2. The van der Waals surface area contributed by atoms with Gasteiger partial charge in [0.05, 0.1) is 12.1 Å². The molecular weight excluding hydrogens is 314 g/mol. The molecule has 6 heteroatoms. The Labute approximate surface area is 151 Å². The minimum atomic E-state index is -0.219. The average molecular weight is 345 g/mol. The first-order valence-corrected chi connectivity index (χ1v) is 8.93. The lowest BCUT2D eigenvalue weighted by molar-refractivity contribution is -0.145. The molecule has 138 valence electrons. The van der Waals surface area contributed by atoms with E-state index in [1.807, 2.05) is 23.4 Å². The van der Waals surface area contributed by atoms with Crippen molar-refractivity contribution in [3.8, 4) is 0 Å². The molecule has 0 aromatic carbocycles. The fraction of sp³-hybridized carbons (Fsp3) is 0.632. The van der Waals surface area contributed by atoms with E-state index in [0.717, 1.165) is 25.5 Å². The number of nitrogens with one attached hydrogen (secondary N) is 1. The molecule has 0 radical (unpaired) electrons. The molecular formula is C19H31N5O. The van der Waals surface area contributed by atoms with Gasteiger partial charge in [0.2, 0.25) is 5.91 Å². The summed E-state index contributed by atoms with van der Waals surface area (Å²) in [4.78, 5) is 25.2. The Balaban J connectivity index is 1.99. The highest BCUT2D eigenvalue weighted by atomic mass is 16.2. The Morgan fingerprint density at radius 2 is 2.16 bits per heavy atom. The Kier molecular flexibility index (Phi) is 6.03. The number of guanidine groups is 1. The predicted molar refractivity (Wildman–Crippen MR) is 102 cm³/mol. The summed E-state index contributed by atoms with van der Waals surface area (Å²) in [5.41, 5.74) is 2.25. The number of carbonyl (C=O) groups is 1. The molecule has 2 rings (SSSR count). The van der Waals surface area contributed by atoms with Gasteiger partial charge in [-0.3, -0.25) is 14.8 Å². The van der Waals surface area contributed by atoms with Crippen LogP contribution in [0.25, 0.3) is 0 Å². The van der Waals surface area contributed by atoms with Gasteiger partial charge >= 0.3 is 0 Å². The van der Waals surface area contributed by atoms with Crippen molar-refractivity contribution in [2.24, 2.45) is 4.99 Å². The monoisotopic (exact) mass is 345 g/mol. The maximum absolute atomic E-state index is 12.6. The number of aromatic nitrogens is 1. The molecule has 1 aliphatic rings. The van der Waals surface area contributed by atoms with Crippen molar-refractivity contribution in [3.63, 3.8) is 0 Å². The second-order valence-corrected chi connectivity index (χ2v) is 7.55. The van der Waals surface area contributed by atoms with Crippen LogP contribution in [0.5, 0.6) is 0 Å². The lowest BCUT2D eigenvalue weighted by atomic mass is 9.96. The van der Waals surface area contributed by atoms with Crippen LogP contribution in [0.1, 0.15) is 38.8 Å². The molecule has 1 aromatic heterocycles. The quantitative estimate of drug-likeness (QED) is 0.668. The molecule has 1 aliphatic heterocycles. The van der Waals surface area contributed by atoms with Crippen LogP contribution in [0.2, 0.25) is 0 Å². The highest BCUT2D eigenvalue weighted by molar-refractivity contribution is 5.88. The highest BCUT2D eigenvalue weighted by Crippen LogP contribution is 2.24. The van der Waals surface area contributed by atoms with Gasteiger partial charge in [0.1, 0.15) is 0 Å². The summed E-state index contributed by atoms with van der Waals surface area (Å²) >= 11 is 0. The summed E-state index contributed by atoms with van der Waals surface area (Å²) in [6.07, 6.45) is 4.61. The molecule has 1 N–H and O–H groups in total. The Hall–Kier alpha value is -2.11. The van der Waals surface area contributed by atoms with E-state index < -0.39 is 0 Å². The SMILES string of the molecule is CN=C(NCCc1ccncc1C)N1CC(=O)N(C(C)C)C(C)(C)C1. The Morgan fingerprint density at radius 3 is 2.72 bits per heavy atom. The zero-order valence-corrected chi connectivity index (χ0v) is 16.3. The number of hydrogen-bond donors (Lipinski definition) is 1. The maximum atomic E-state index is 12.6. The second-order valence-electron chi connectivity index (χ2n) is 7.55. The van der Waals surface area contributed by atoms with Gasteiger partial charge in [-0.2, -0.15) is 0 Å². The highest BCUT2D eigenvalue weighted by Gasteiger charge is 2.40. The van der Waals surface area contributed by atoms with Crippen molar-refractivity contribution in [2.45, 2.75) is 52.6 Å². The van der Waals surface area contributed by atoms with E-state index >= 15 is 0 Å². The van der Waals surface area contributed by atoms with Crippen molar-refractivity contribution in [1.29, 1.82) is 0 Å². The summed E-state index contributed by atoms with van der Waals surface area (Å²) in [5, 5.41) is 3.40. The normalized spacial score (nSPS) is 18.0. The van der Waals surface area contributed by atoms with E-state index in [4.69, 9.17) is 0 Å². The molecule has 0 aliphatic carbocycles. The third-order valence-corrected chi connectivity index (χ3v) is 4.67. The lowest BCUT2D eigenvalue weighted by Crippen LogP contribution is -2.66. The number of rotatable bonds is 4. The van der Waals surface area contributed by atoms with Crippen molar-refractivity contribution < 1.29 is 4.79 Å². The van der Waals surface area contributed by atoms with Crippen molar-refractivity contribution in [2.75, 3.05) is 26.7 Å². The summed E-state index contributed by atoms with van der Waals surface area (Å²) in [6, 6.07) is 2.25. The lowest BCUT2D eigenvalue weighted by Gasteiger charge is -2.49. The number of carbonyl (C=O) groups excluding carboxylic acids is 1. The first-order valence-electron chi connectivity index (χ1n) is 8.93. The molecule has 6 nitrogen and oxygen atoms in total. The predicted octanol–water partition coefficient (Wildman–Crippen LogP) is 1.84. The Morgan fingerprint density at radius 1 is 1.44 bits per heavy atom. The van der Waals surface area contributed by atoms with E-state index in [0.29, 0.717) is 6.54 Å². The fourth-order valence-corrected chi connectivity index (χ4v) is 3.74. The third-order valence-electron chi connectivity index (χ3n) is 4.67. The molecule has 2 heterocycles. The Bertz CT molecular complexity index is 638. The molecule has 1 saturated heterocycles. The van der Waals surface area contributed by atoms with Crippen molar-refractivity contribution >= 4 is 11.9 Å². The number of amides is 1. The fourth-order valence-electron chi connectivity index (χ4n) is 3.74. The third kappa shape index (κ3) is 4.50. The van der Waals surface area contributed by atoms with Gasteiger partial charge in [-0.05, 0) is 58.2 Å². The van der Waals surface area contributed by atoms with Crippen LogP contribution in [0.15, 0.2) is 23.5 Å². The zero-order valence-electron chi connectivity index (χ0n) is 16.3. The van der Waals surface area contributed by atoms with Crippen LogP contribution in [0.4, 0.5) is 0 Å². The first-order chi connectivity index (χ1) is 11.8.